The number of halogens is 1. The van der Waals surface area contributed by atoms with Crippen LogP contribution in [0.15, 0.2) is 71.6 Å². The normalized spacial score (nSPS) is 11.8. The molecule has 0 heterocycles. The summed E-state index contributed by atoms with van der Waals surface area (Å²) >= 11 is 0. The van der Waals surface area contributed by atoms with E-state index in [0.717, 1.165) is 27.6 Å². The number of nitrogens with one attached hydrogen (secondary N) is 1. The molecule has 3 aromatic rings. The van der Waals surface area contributed by atoms with Gasteiger partial charge in [0.2, 0.25) is 11.8 Å². The Labute approximate surface area is 234 Å². The molecule has 0 radical (unpaired) electrons. The molecule has 3 rings (SSSR count). The highest BCUT2D eigenvalue weighted by molar-refractivity contribution is 7.92. The lowest BCUT2D eigenvalue weighted by molar-refractivity contribution is -0.139. The Balaban J connectivity index is 2.06. The SMILES string of the molecule is CCNC(=O)C(C)N(Cc1ccc(C)cc1)C(=O)CN(c1ccc(F)cc1)S(=O)(=O)c1ccc(OC)c(OC)c1. The van der Waals surface area contributed by atoms with Gasteiger partial charge < -0.3 is 19.7 Å². The van der Waals surface area contributed by atoms with Crippen molar-refractivity contribution >= 4 is 27.5 Å². The number of carbonyl (C=O) groups is 2. The number of ether oxygens (including phenoxy) is 2. The fourth-order valence-electron chi connectivity index (χ4n) is 4.04. The number of anilines is 1. The predicted molar refractivity (Wildman–Crippen MR) is 150 cm³/mol. The molecule has 11 heteroatoms. The number of aryl methyl sites for hydroxylation is 1. The zero-order valence-electron chi connectivity index (χ0n) is 23.2. The minimum Gasteiger partial charge on any atom is -0.493 e. The summed E-state index contributed by atoms with van der Waals surface area (Å²) in [6, 6.07) is 15.4. The van der Waals surface area contributed by atoms with Crippen LogP contribution in [0.4, 0.5) is 10.1 Å². The van der Waals surface area contributed by atoms with E-state index in [-0.39, 0.29) is 28.8 Å². The Bertz CT molecular complexity index is 1430. The number of hydrogen-bond donors (Lipinski definition) is 1. The average Bonchev–Trinajstić information content (AvgIpc) is 2.95. The van der Waals surface area contributed by atoms with E-state index in [4.69, 9.17) is 9.47 Å². The Morgan fingerprint density at radius 1 is 0.950 bits per heavy atom. The highest BCUT2D eigenvalue weighted by Gasteiger charge is 2.33. The first kappa shape index (κ1) is 30.4. The summed E-state index contributed by atoms with van der Waals surface area (Å²) in [6.07, 6.45) is 0. The molecule has 1 atom stereocenters. The summed E-state index contributed by atoms with van der Waals surface area (Å²) in [7, 11) is -1.56. The maximum absolute atomic E-state index is 13.9. The lowest BCUT2D eigenvalue weighted by Gasteiger charge is -2.32. The highest BCUT2D eigenvalue weighted by atomic mass is 32.2. The van der Waals surface area contributed by atoms with E-state index in [1.165, 1.54) is 49.5 Å². The summed E-state index contributed by atoms with van der Waals surface area (Å²) in [5.74, 6) is -1.05. The third kappa shape index (κ3) is 7.09. The molecule has 0 saturated carbocycles. The number of hydrogen-bond acceptors (Lipinski definition) is 6. The van der Waals surface area contributed by atoms with Gasteiger partial charge in [0.15, 0.2) is 11.5 Å². The number of carbonyl (C=O) groups excluding carboxylic acids is 2. The molecule has 0 aliphatic carbocycles. The van der Waals surface area contributed by atoms with Crippen molar-refractivity contribution in [1.82, 2.24) is 10.2 Å². The number of amides is 2. The first-order valence-electron chi connectivity index (χ1n) is 12.6. The summed E-state index contributed by atoms with van der Waals surface area (Å²) in [5, 5.41) is 2.71. The van der Waals surface area contributed by atoms with Gasteiger partial charge in [-0.1, -0.05) is 29.8 Å². The second-order valence-electron chi connectivity index (χ2n) is 9.08. The van der Waals surface area contributed by atoms with Gasteiger partial charge in [0, 0.05) is 19.2 Å². The van der Waals surface area contributed by atoms with Crippen LogP contribution in [0.1, 0.15) is 25.0 Å². The summed E-state index contributed by atoms with van der Waals surface area (Å²) in [5.41, 5.74) is 1.87. The molecule has 0 aliphatic rings. The fraction of sp³-hybridized carbons (Fsp3) is 0.310. The van der Waals surface area contributed by atoms with Crippen molar-refractivity contribution in [2.24, 2.45) is 0 Å². The molecule has 0 fully saturated rings. The zero-order chi connectivity index (χ0) is 29.4. The van der Waals surface area contributed by atoms with E-state index in [1.54, 1.807) is 13.8 Å². The minimum atomic E-state index is -4.36. The van der Waals surface area contributed by atoms with Crippen LogP contribution in [-0.2, 0) is 26.2 Å². The van der Waals surface area contributed by atoms with Crippen molar-refractivity contribution in [3.8, 4) is 11.5 Å². The lowest BCUT2D eigenvalue weighted by Crippen LogP contribution is -2.51. The van der Waals surface area contributed by atoms with Gasteiger partial charge in [0.25, 0.3) is 10.0 Å². The average molecular weight is 572 g/mol. The third-order valence-corrected chi connectivity index (χ3v) is 8.10. The molecular formula is C29H34FN3O6S. The highest BCUT2D eigenvalue weighted by Crippen LogP contribution is 2.32. The largest absolute Gasteiger partial charge is 0.493 e. The van der Waals surface area contributed by atoms with Gasteiger partial charge in [-0.2, -0.15) is 0 Å². The molecule has 0 bridgehead atoms. The standard InChI is InChI=1S/C29H34FN3O6S/c1-6-31-29(35)21(3)32(18-22-9-7-20(2)8-10-22)28(34)19-33(24-13-11-23(30)12-14-24)40(36,37)25-15-16-26(38-4)27(17-25)39-5/h7-17,21H,6,18-19H2,1-5H3,(H,31,35). The van der Waals surface area contributed by atoms with E-state index in [9.17, 15) is 22.4 Å². The molecule has 214 valence electrons. The fourth-order valence-corrected chi connectivity index (χ4v) is 5.47. The zero-order valence-corrected chi connectivity index (χ0v) is 24.0. The van der Waals surface area contributed by atoms with Crippen molar-refractivity contribution in [2.45, 2.75) is 38.3 Å². The number of benzene rings is 3. The third-order valence-electron chi connectivity index (χ3n) is 6.33. The second-order valence-corrected chi connectivity index (χ2v) is 10.9. The van der Waals surface area contributed by atoms with Crippen molar-refractivity contribution in [3.63, 3.8) is 0 Å². The molecule has 3 aromatic carbocycles. The Hall–Kier alpha value is -4.12. The number of methoxy groups -OCH3 is 2. The van der Waals surface area contributed by atoms with Gasteiger partial charge in [0.05, 0.1) is 24.8 Å². The Morgan fingerprint density at radius 3 is 2.15 bits per heavy atom. The van der Waals surface area contributed by atoms with Crippen molar-refractivity contribution in [1.29, 1.82) is 0 Å². The van der Waals surface area contributed by atoms with Crippen LogP contribution in [0.5, 0.6) is 11.5 Å². The van der Waals surface area contributed by atoms with Gasteiger partial charge in [-0.25, -0.2) is 12.8 Å². The van der Waals surface area contributed by atoms with Gasteiger partial charge in [-0.15, -0.1) is 0 Å². The molecule has 40 heavy (non-hydrogen) atoms. The summed E-state index contributed by atoms with van der Waals surface area (Å²) in [4.78, 5) is 27.8. The summed E-state index contributed by atoms with van der Waals surface area (Å²) in [6.45, 7) is 5.09. The van der Waals surface area contributed by atoms with E-state index in [2.05, 4.69) is 5.32 Å². The topological polar surface area (TPSA) is 105 Å². The predicted octanol–water partition coefficient (Wildman–Crippen LogP) is 3.90. The minimum absolute atomic E-state index is 0.0745. The van der Waals surface area contributed by atoms with Crippen LogP contribution in [0.2, 0.25) is 0 Å². The number of sulfonamides is 1. The van der Waals surface area contributed by atoms with Crippen molar-refractivity contribution in [2.75, 3.05) is 31.6 Å². The van der Waals surface area contributed by atoms with Crippen LogP contribution in [-0.4, -0.2) is 58.5 Å². The van der Waals surface area contributed by atoms with E-state index in [1.807, 2.05) is 31.2 Å². The Morgan fingerprint density at radius 2 is 1.57 bits per heavy atom. The molecule has 0 saturated heterocycles. The molecule has 9 nitrogen and oxygen atoms in total. The van der Waals surface area contributed by atoms with Gasteiger partial charge in [-0.3, -0.25) is 13.9 Å². The molecule has 0 spiro atoms. The Kier molecular flexibility index (Phi) is 10.1. The van der Waals surface area contributed by atoms with Gasteiger partial charge in [-0.05, 0) is 62.7 Å². The molecule has 0 aliphatic heterocycles. The smallest absolute Gasteiger partial charge is 0.264 e. The van der Waals surface area contributed by atoms with Crippen LogP contribution in [0.25, 0.3) is 0 Å². The maximum atomic E-state index is 13.9. The monoisotopic (exact) mass is 571 g/mol. The van der Waals surface area contributed by atoms with Gasteiger partial charge >= 0.3 is 0 Å². The van der Waals surface area contributed by atoms with Crippen LogP contribution >= 0.6 is 0 Å². The number of rotatable bonds is 12. The van der Waals surface area contributed by atoms with E-state index < -0.39 is 34.3 Å². The van der Waals surface area contributed by atoms with Crippen LogP contribution < -0.4 is 19.1 Å². The molecular weight excluding hydrogens is 537 g/mol. The number of likely N-dealkylation sites (N-methyl/N-ethyl adjacent to an activating group) is 1. The molecule has 0 aromatic heterocycles. The summed E-state index contributed by atoms with van der Waals surface area (Å²) < 4.78 is 53.0. The molecule has 1 N–H and O–H groups in total. The van der Waals surface area contributed by atoms with Crippen molar-refractivity contribution in [3.05, 3.63) is 83.7 Å². The first-order valence-corrected chi connectivity index (χ1v) is 14.1. The molecule has 2 amide bonds. The number of nitrogens with zero attached hydrogens (tertiary/aromatic N) is 2. The van der Waals surface area contributed by atoms with Crippen LogP contribution in [0.3, 0.4) is 0 Å². The van der Waals surface area contributed by atoms with Crippen LogP contribution in [0, 0.1) is 12.7 Å². The second kappa shape index (κ2) is 13.3. The quantitative estimate of drug-likeness (QED) is 0.354. The first-order chi connectivity index (χ1) is 19.0. The van der Waals surface area contributed by atoms with Gasteiger partial charge in [0.1, 0.15) is 18.4 Å². The molecule has 1 unspecified atom stereocenters. The van der Waals surface area contributed by atoms with E-state index >= 15 is 0 Å². The lowest BCUT2D eigenvalue weighted by atomic mass is 10.1. The maximum Gasteiger partial charge on any atom is 0.264 e. The van der Waals surface area contributed by atoms with Crippen molar-refractivity contribution < 1.29 is 31.9 Å². The van der Waals surface area contributed by atoms with E-state index in [0.29, 0.717) is 12.3 Å².